The molecule has 1 aromatic heterocycles. The molecule has 0 amide bonds. The number of anilines is 1. The molecule has 5 nitrogen and oxygen atoms in total. The Morgan fingerprint density at radius 1 is 1.42 bits per heavy atom. The second-order valence-electron chi connectivity index (χ2n) is 4.29. The SMILES string of the molecule is Cc1csc(CCNc2c(C)cccc2[N+](=O)[O-])n1. The number of para-hydroxylation sites is 1. The Bertz CT molecular complexity index is 595. The third kappa shape index (κ3) is 3.29. The normalized spacial score (nSPS) is 10.4. The molecule has 1 aromatic carbocycles. The first-order valence-corrected chi connectivity index (χ1v) is 6.85. The van der Waals surface area contributed by atoms with Gasteiger partial charge in [0, 0.05) is 30.1 Å². The van der Waals surface area contributed by atoms with Crippen molar-refractivity contribution in [3.63, 3.8) is 0 Å². The highest BCUT2D eigenvalue weighted by atomic mass is 32.1. The number of aromatic nitrogens is 1. The third-order valence-corrected chi connectivity index (χ3v) is 3.78. The van der Waals surface area contributed by atoms with Crippen molar-refractivity contribution in [2.45, 2.75) is 20.3 Å². The minimum Gasteiger partial charge on any atom is -0.379 e. The molecule has 19 heavy (non-hydrogen) atoms. The molecule has 0 bridgehead atoms. The molecule has 0 aliphatic heterocycles. The number of rotatable bonds is 5. The highest BCUT2D eigenvalue weighted by Crippen LogP contribution is 2.27. The van der Waals surface area contributed by atoms with Crippen molar-refractivity contribution in [1.29, 1.82) is 0 Å². The summed E-state index contributed by atoms with van der Waals surface area (Å²) >= 11 is 1.61. The van der Waals surface area contributed by atoms with E-state index in [9.17, 15) is 10.1 Å². The number of nitro groups is 1. The number of hydrogen-bond acceptors (Lipinski definition) is 5. The monoisotopic (exact) mass is 277 g/mol. The Morgan fingerprint density at radius 2 is 2.21 bits per heavy atom. The van der Waals surface area contributed by atoms with E-state index in [1.54, 1.807) is 17.4 Å². The Morgan fingerprint density at radius 3 is 2.84 bits per heavy atom. The van der Waals surface area contributed by atoms with Crippen molar-refractivity contribution in [3.05, 3.63) is 50.0 Å². The molecule has 2 aromatic rings. The minimum atomic E-state index is -0.358. The van der Waals surface area contributed by atoms with Gasteiger partial charge < -0.3 is 5.32 Å². The van der Waals surface area contributed by atoms with Gasteiger partial charge in [-0.25, -0.2) is 4.98 Å². The van der Waals surface area contributed by atoms with Gasteiger partial charge in [-0.2, -0.15) is 0 Å². The molecule has 1 heterocycles. The van der Waals surface area contributed by atoms with Gasteiger partial charge in [0.2, 0.25) is 0 Å². The maximum absolute atomic E-state index is 11.0. The number of nitrogens with one attached hydrogen (secondary N) is 1. The second kappa shape index (κ2) is 5.79. The van der Waals surface area contributed by atoms with Crippen LogP contribution in [-0.2, 0) is 6.42 Å². The van der Waals surface area contributed by atoms with E-state index in [4.69, 9.17) is 0 Å². The molecule has 0 unspecified atom stereocenters. The van der Waals surface area contributed by atoms with Crippen molar-refractivity contribution in [3.8, 4) is 0 Å². The van der Waals surface area contributed by atoms with Gasteiger partial charge in [0.25, 0.3) is 5.69 Å². The molecule has 6 heteroatoms. The van der Waals surface area contributed by atoms with Crippen LogP contribution in [0.1, 0.15) is 16.3 Å². The van der Waals surface area contributed by atoms with Crippen LogP contribution in [0.4, 0.5) is 11.4 Å². The number of hydrogen-bond donors (Lipinski definition) is 1. The van der Waals surface area contributed by atoms with Crippen molar-refractivity contribution < 1.29 is 4.92 Å². The van der Waals surface area contributed by atoms with Crippen LogP contribution in [0.15, 0.2) is 23.6 Å². The molecule has 0 radical (unpaired) electrons. The van der Waals surface area contributed by atoms with Gasteiger partial charge in [0.05, 0.1) is 9.93 Å². The van der Waals surface area contributed by atoms with Crippen LogP contribution in [0.2, 0.25) is 0 Å². The molecule has 0 fully saturated rings. The Hall–Kier alpha value is -1.95. The average Bonchev–Trinajstić information content (AvgIpc) is 2.77. The Labute approximate surface area is 115 Å². The Balaban J connectivity index is 2.05. The van der Waals surface area contributed by atoms with Crippen molar-refractivity contribution in [2.75, 3.05) is 11.9 Å². The highest BCUT2D eigenvalue weighted by molar-refractivity contribution is 7.09. The van der Waals surface area contributed by atoms with Gasteiger partial charge in [-0.3, -0.25) is 10.1 Å². The van der Waals surface area contributed by atoms with Crippen molar-refractivity contribution in [1.82, 2.24) is 4.98 Å². The number of nitrogens with zero attached hydrogens (tertiary/aromatic N) is 2. The van der Waals surface area contributed by atoms with Crippen LogP contribution >= 0.6 is 11.3 Å². The molecular formula is C13H15N3O2S. The summed E-state index contributed by atoms with van der Waals surface area (Å²) in [5.41, 5.74) is 2.61. The quantitative estimate of drug-likeness (QED) is 0.672. The summed E-state index contributed by atoms with van der Waals surface area (Å²) in [7, 11) is 0. The summed E-state index contributed by atoms with van der Waals surface area (Å²) in [6.45, 7) is 4.46. The first-order chi connectivity index (χ1) is 9.08. The number of nitro benzene ring substituents is 1. The maximum Gasteiger partial charge on any atom is 0.292 e. The Kier molecular flexibility index (Phi) is 4.11. The third-order valence-electron chi connectivity index (χ3n) is 2.75. The van der Waals surface area contributed by atoms with Crippen LogP contribution in [0.5, 0.6) is 0 Å². The van der Waals surface area contributed by atoms with Gasteiger partial charge >= 0.3 is 0 Å². The van der Waals surface area contributed by atoms with Gasteiger partial charge in [-0.05, 0) is 19.4 Å². The van der Waals surface area contributed by atoms with Gasteiger partial charge in [-0.15, -0.1) is 11.3 Å². The van der Waals surface area contributed by atoms with E-state index in [1.165, 1.54) is 6.07 Å². The van der Waals surface area contributed by atoms with Crippen LogP contribution in [0.25, 0.3) is 0 Å². The van der Waals surface area contributed by atoms with E-state index in [2.05, 4.69) is 10.3 Å². The molecular weight excluding hydrogens is 262 g/mol. The van der Waals surface area contributed by atoms with E-state index in [-0.39, 0.29) is 10.6 Å². The summed E-state index contributed by atoms with van der Waals surface area (Å²) in [5, 5.41) is 17.2. The summed E-state index contributed by atoms with van der Waals surface area (Å²) in [6.07, 6.45) is 0.768. The lowest BCUT2D eigenvalue weighted by atomic mass is 10.1. The van der Waals surface area contributed by atoms with Crippen LogP contribution in [0, 0.1) is 24.0 Å². The van der Waals surface area contributed by atoms with E-state index < -0.39 is 0 Å². The van der Waals surface area contributed by atoms with Gasteiger partial charge in [0.1, 0.15) is 5.69 Å². The molecule has 1 N–H and O–H groups in total. The zero-order valence-corrected chi connectivity index (χ0v) is 11.7. The summed E-state index contributed by atoms with van der Waals surface area (Å²) in [6, 6.07) is 5.08. The average molecular weight is 277 g/mol. The molecule has 100 valence electrons. The lowest BCUT2D eigenvalue weighted by Gasteiger charge is -2.08. The zero-order valence-electron chi connectivity index (χ0n) is 10.8. The predicted molar refractivity (Wildman–Crippen MR) is 76.9 cm³/mol. The van der Waals surface area contributed by atoms with Gasteiger partial charge in [-0.1, -0.05) is 12.1 Å². The lowest BCUT2D eigenvalue weighted by Crippen LogP contribution is -2.08. The molecule has 0 aliphatic rings. The van der Waals surface area contributed by atoms with E-state index >= 15 is 0 Å². The van der Waals surface area contributed by atoms with Crippen LogP contribution < -0.4 is 5.32 Å². The standard InChI is InChI=1S/C13H15N3O2S/c1-9-4-3-5-11(16(17)18)13(9)14-7-6-12-15-10(2)8-19-12/h3-5,8,14H,6-7H2,1-2H3. The van der Waals surface area contributed by atoms with Crippen molar-refractivity contribution >= 4 is 22.7 Å². The van der Waals surface area contributed by atoms with E-state index in [0.29, 0.717) is 12.2 Å². The van der Waals surface area contributed by atoms with E-state index in [0.717, 1.165) is 22.7 Å². The number of aryl methyl sites for hydroxylation is 2. The van der Waals surface area contributed by atoms with Crippen LogP contribution in [-0.4, -0.2) is 16.5 Å². The zero-order chi connectivity index (χ0) is 13.8. The molecule has 2 rings (SSSR count). The van der Waals surface area contributed by atoms with Gasteiger partial charge in [0.15, 0.2) is 0 Å². The number of thiazole rings is 1. The first-order valence-electron chi connectivity index (χ1n) is 5.97. The second-order valence-corrected chi connectivity index (χ2v) is 5.23. The predicted octanol–water partition coefficient (Wildman–Crippen LogP) is 3.32. The summed E-state index contributed by atoms with van der Waals surface area (Å²) < 4.78 is 0. The fourth-order valence-electron chi connectivity index (χ4n) is 1.85. The molecule has 0 saturated heterocycles. The summed E-state index contributed by atoms with van der Waals surface area (Å²) in [5.74, 6) is 0. The lowest BCUT2D eigenvalue weighted by molar-refractivity contribution is -0.384. The highest BCUT2D eigenvalue weighted by Gasteiger charge is 2.14. The fourth-order valence-corrected chi connectivity index (χ4v) is 2.62. The first kappa shape index (κ1) is 13.5. The summed E-state index contributed by atoms with van der Waals surface area (Å²) in [4.78, 5) is 15.0. The fraction of sp³-hybridized carbons (Fsp3) is 0.308. The maximum atomic E-state index is 11.0. The largest absolute Gasteiger partial charge is 0.379 e. The molecule has 0 spiro atoms. The topological polar surface area (TPSA) is 68.1 Å². The van der Waals surface area contributed by atoms with Crippen molar-refractivity contribution in [2.24, 2.45) is 0 Å². The minimum absolute atomic E-state index is 0.121. The molecule has 0 saturated carbocycles. The molecule has 0 atom stereocenters. The number of benzene rings is 1. The smallest absolute Gasteiger partial charge is 0.292 e. The van der Waals surface area contributed by atoms with Crippen LogP contribution in [0.3, 0.4) is 0 Å². The van der Waals surface area contributed by atoms with E-state index in [1.807, 2.05) is 25.3 Å². The molecule has 0 aliphatic carbocycles.